The number of rotatable bonds is 5. The van der Waals surface area contributed by atoms with Crippen molar-refractivity contribution in [3.63, 3.8) is 0 Å². The SMILES string of the molecule is COc1cc(I)c(C(=O)NCc2ccccc2F)cc1OC. The lowest BCUT2D eigenvalue weighted by atomic mass is 10.1. The highest BCUT2D eigenvalue weighted by Gasteiger charge is 2.15. The van der Waals surface area contributed by atoms with Gasteiger partial charge in [0.15, 0.2) is 11.5 Å². The molecule has 0 saturated carbocycles. The first-order valence-electron chi connectivity index (χ1n) is 6.50. The minimum Gasteiger partial charge on any atom is -0.493 e. The summed E-state index contributed by atoms with van der Waals surface area (Å²) in [4.78, 5) is 12.3. The second-order valence-corrected chi connectivity index (χ2v) is 5.62. The molecule has 0 saturated heterocycles. The van der Waals surface area contributed by atoms with Gasteiger partial charge in [-0.15, -0.1) is 0 Å². The van der Waals surface area contributed by atoms with E-state index in [1.165, 1.54) is 20.3 Å². The van der Waals surface area contributed by atoms with E-state index >= 15 is 0 Å². The van der Waals surface area contributed by atoms with Crippen LogP contribution in [-0.4, -0.2) is 20.1 Å². The van der Waals surface area contributed by atoms with E-state index < -0.39 is 0 Å². The van der Waals surface area contributed by atoms with Crippen LogP contribution >= 0.6 is 22.6 Å². The van der Waals surface area contributed by atoms with Gasteiger partial charge in [0.05, 0.1) is 19.8 Å². The van der Waals surface area contributed by atoms with Gasteiger partial charge in [0.2, 0.25) is 0 Å². The molecule has 1 N–H and O–H groups in total. The van der Waals surface area contributed by atoms with Crippen LogP contribution in [0.15, 0.2) is 36.4 Å². The van der Waals surface area contributed by atoms with Crippen molar-refractivity contribution in [2.45, 2.75) is 6.54 Å². The number of amides is 1. The molecule has 2 rings (SSSR count). The van der Waals surface area contributed by atoms with Gasteiger partial charge in [0.25, 0.3) is 5.91 Å². The highest BCUT2D eigenvalue weighted by Crippen LogP contribution is 2.31. The first-order chi connectivity index (χ1) is 10.6. The van der Waals surface area contributed by atoms with Crippen molar-refractivity contribution in [1.82, 2.24) is 5.32 Å². The Labute approximate surface area is 141 Å². The van der Waals surface area contributed by atoms with Crippen LogP contribution in [0.1, 0.15) is 15.9 Å². The maximum Gasteiger partial charge on any atom is 0.252 e. The summed E-state index contributed by atoms with van der Waals surface area (Å²) < 4.78 is 24.7. The fourth-order valence-electron chi connectivity index (χ4n) is 1.94. The number of halogens is 2. The van der Waals surface area contributed by atoms with Crippen molar-refractivity contribution in [2.24, 2.45) is 0 Å². The molecule has 0 fully saturated rings. The first kappa shape index (κ1) is 16.5. The molecule has 116 valence electrons. The number of hydrogen-bond donors (Lipinski definition) is 1. The number of carbonyl (C=O) groups excluding carboxylic acids is 1. The molecule has 0 atom stereocenters. The third-order valence-electron chi connectivity index (χ3n) is 3.12. The first-order valence-corrected chi connectivity index (χ1v) is 7.57. The van der Waals surface area contributed by atoms with E-state index in [4.69, 9.17) is 9.47 Å². The molecule has 0 unspecified atom stereocenters. The molecule has 0 heterocycles. The van der Waals surface area contributed by atoms with E-state index in [0.717, 1.165) is 3.57 Å². The van der Waals surface area contributed by atoms with Crippen LogP contribution in [0.5, 0.6) is 11.5 Å². The molecule has 22 heavy (non-hydrogen) atoms. The molecule has 0 aromatic heterocycles. The molecule has 0 aliphatic rings. The van der Waals surface area contributed by atoms with Gasteiger partial charge in [-0.1, -0.05) is 18.2 Å². The molecule has 4 nitrogen and oxygen atoms in total. The maximum atomic E-state index is 13.5. The molecular formula is C16H15FINO3. The molecule has 6 heteroatoms. The van der Waals surface area contributed by atoms with Gasteiger partial charge in [0.1, 0.15) is 5.82 Å². The van der Waals surface area contributed by atoms with Crippen molar-refractivity contribution in [1.29, 1.82) is 0 Å². The van der Waals surface area contributed by atoms with E-state index in [2.05, 4.69) is 5.32 Å². The monoisotopic (exact) mass is 415 g/mol. The Balaban J connectivity index is 2.18. The average molecular weight is 415 g/mol. The van der Waals surface area contributed by atoms with Crippen molar-refractivity contribution in [2.75, 3.05) is 14.2 Å². The third-order valence-corrected chi connectivity index (χ3v) is 4.01. The average Bonchev–Trinajstić information content (AvgIpc) is 2.53. The predicted octanol–water partition coefficient (Wildman–Crippen LogP) is 3.38. The van der Waals surface area contributed by atoms with Gasteiger partial charge in [-0.3, -0.25) is 4.79 Å². The Bertz CT molecular complexity index is 691. The highest BCUT2D eigenvalue weighted by atomic mass is 127. The molecule has 0 radical (unpaired) electrons. The highest BCUT2D eigenvalue weighted by molar-refractivity contribution is 14.1. The summed E-state index contributed by atoms with van der Waals surface area (Å²) in [6.45, 7) is 0.121. The Morgan fingerprint density at radius 3 is 2.45 bits per heavy atom. The minimum absolute atomic E-state index is 0.121. The fraction of sp³-hybridized carbons (Fsp3) is 0.188. The summed E-state index contributed by atoms with van der Waals surface area (Å²) in [7, 11) is 3.04. The Hall–Kier alpha value is -1.83. The Morgan fingerprint density at radius 1 is 1.18 bits per heavy atom. The van der Waals surface area contributed by atoms with Gasteiger partial charge in [-0.2, -0.15) is 0 Å². The van der Waals surface area contributed by atoms with E-state index in [9.17, 15) is 9.18 Å². The van der Waals surface area contributed by atoms with Gasteiger partial charge < -0.3 is 14.8 Å². The van der Waals surface area contributed by atoms with Crippen molar-refractivity contribution < 1.29 is 18.7 Å². The summed E-state index contributed by atoms with van der Waals surface area (Å²) in [5, 5.41) is 2.71. The van der Waals surface area contributed by atoms with Crippen molar-refractivity contribution in [3.8, 4) is 11.5 Å². The largest absolute Gasteiger partial charge is 0.493 e. The Kier molecular flexibility index (Phi) is 5.59. The molecule has 2 aromatic carbocycles. The number of methoxy groups -OCH3 is 2. The number of hydrogen-bond acceptors (Lipinski definition) is 3. The van der Waals surface area contributed by atoms with Crippen LogP contribution in [0.2, 0.25) is 0 Å². The second-order valence-electron chi connectivity index (χ2n) is 4.46. The van der Waals surface area contributed by atoms with Gasteiger partial charge in [0, 0.05) is 15.7 Å². The lowest BCUT2D eigenvalue weighted by Gasteiger charge is -2.12. The van der Waals surface area contributed by atoms with Gasteiger partial charge >= 0.3 is 0 Å². The number of nitrogens with one attached hydrogen (secondary N) is 1. The standard InChI is InChI=1S/C16H15FINO3/c1-21-14-7-11(13(18)8-15(14)22-2)16(20)19-9-10-5-3-4-6-12(10)17/h3-8H,9H2,1-2H3,(H,19,20). The third kappa shape index (κ3) is 3.68. The molecule has 2 aromatic rings. The summed E-state index contributed by atoms with van der Waals surface area (Å²) in [5.41, 5.74) is 0.890. The fourth-order valence-corrected chi connectivity index (χ4v) is 2.62. The van der Waals surface area contributed by atoms with Crippen molar-refractivity contribution >= 4 is 28.5 Å². The Morgan fingerprint density at radius 2 is 1.82 bits per heavy atom. The van der Waals surface area contributed by atoms with E-state index in [1.807, 2.05) is 22.6 Å². The lowest BCUT2D eigenvalue weighted by Crippen LogP contribution is -2.24. The van der Waals surface area contributed by atoms with E-state index in [0.29, 0.717) is 22.6 Å². The number of carbonyl (C=O) groups is 1. The number of benzene rings is 2. The number of ether oxygens (including phenoxy) is 2. The van der Waals surface area contributed by atoms with Crippen LogP contribution in [-0.2, 0) is 6.54 Å². The zero-order valence-corrected chi connectivity index (χ0v) is 14.3. The zero-order chi connectivity index (χ0) is 16.1. The van der Waals surface area contributed by atoms with Crippen LogP contribution in [0.25, 0.3) is 0 Å². The molecule has 1 amide bonds. The quantitative estimate of drug-likeness (QED) is 0.762. The lowest BCUT2D eigenvalue weighted by molar-refractivity contribution is 0.0949. The predicted molar refractivity (Wildman–Crippen MR) is 89.8 cm³/mol. The molecule has 0 aliphatic carbocycles. The van der Waals surface area contributed by atoms with Crippen LogP contribution < -0.4 is 14.8 Å². The summed E-state index contributed by atoms with van der Waals surface area (Å²) >= 11 is 2.05. The van der Waals surface area contributed by atoms with Crippen LogP contribution in [0.4, 0.5) is 4.39 Å². The van der Waals surface area contributed by atoms with Crippen LogP contribution in [0, 0.1) is 9.39 Å². The van der Waals surface area contributed by atoms with Gasteiger partial charge in [-0.25, -0.2) is 4.39 Å². The summed E-state index contributed by atoms with van der Waals surface area (Å²) in [6, 6.07) is 9.66. The van der Waals surface area contributed by atoms with Gasteiger partial charge in [-0.05, 0) is 40.8 Å². The van der Waals surface area contributed by atoms with Crippen LogP contribution in [0.3, 0.4) is 0 Å². The molecular weight excluding hydrogens is 400 g/mol. The molecule has 0 aliphatic heterocycles. The smallest absolute Gasteiger partial charge is 0.252 e. The summed E-state index contributed by atoms with van der Waals surface area (Å²) in [5.74, 6) is 0.384. The van der Waals surface area contributed by atoms with Crippen molar-refractivity contribution in [3.05, 3.63) is 56.9 Å². The summed E-state index contributed by atoms with van der Waals surface area (Å²) in [6.07, 6.45) is 0. The maximum absolute atomic E-state index is 13.5. The minimum atomic E-state index is -0.343. The topological polar surface area (TPSA) is 47.6 Å². The van der Waals surface area contributed by atoms with E-state index in [1.54, 1.807) is 30.3 Å². The van der Waals surface area contributed by atoms with E-state index in [-0.39, 0.29) is 18.3 Å². The molecule has 0 bridgehead atoms. The second kappa shape index (κ2) is 7.44. The normalized spacial score (nSPS) is 10.2. The zero-order valence-electron chi connectivity index (χ0n) is 12.2. The molecule has 0 spiro atoms.